The van der Waals surface area contributed by atoms with Gasteiger partial charge in [0.1, 0.15) is 18.1 Å². The van der Waals surface area contributed by atoms with Crippen molar-refractivity contribution in [3.63, 3.8) is 0 Å². The molecule has 0 saturated heterocycles. The molecule has 2 aromatic carbocycles. The van der Waals surface area contributed by atoms with Gasteiger partial charge in [0.25, 0.3) is 0 Å². The predicted molar refractivity (Wildman–Crippen MR) is 140 cm³/mol. The van der Waals surface area contributed by atoms with E-state index in [2.05, 4.69) is 20.1 Å². The Labute approximate surface area is 215 Å². The predicted octanol–water partition coefficient (Wildman–Crippen LogP) is 6.45. The van der Waals surface area contributed by atoms with E-state index in [1.54, 1.807) is 0 Å². The number of aromatic nitrogens is 3. The van der Waals surface area contributed by atoms with E-state index in [9.17, 15) is 4.79 Å². The molecule has 0 radical (unpaired) electrons. The number of benzene rings is 2. The van der Waals surface area contributed by atoms with Gasteiger partial charge >= 0.3 is 0 Å². The Bertz CT molecular complexity index is 1130. The Hall–Kier alpha value is -2.71. The van der Waals surface area contributed by atoms with Gasteiger partial charge in [-0.2, -0.15) is 0 Å². The fraction of sp³-hybridized carbons (Fsp3) is 0.423. The maximum Gasteiger partial charge on any atom is 0.234 e. The summed E-state index contributed by atoms with van der Waals surface area (Å²) in [5, 5.41) is 13.3. The maximum atomic E-state index is 12.6. The van der Waals surface area contributed by atoms with Gasteiger partial charge in [0.2, 0.25) is 5.91 Å². The van der Waals surface area contributed by atoms with Gasteiger partial charge in [0, 0.05) is 16.8 Å². The van der Waals surface area contributed by atoms with Gasteiger partial charge in [-0.05, 0) is 74.7 Å². The van der Waals surface area contributed by atoms with Crippen LogP contribution in [0.1, 0.15) is 56.5 Å². The van der Waals surface area contributed by atoms with Crippen LogP contribution in [0.3, 0.4) is 0 Å². The van der Waals surface area contributed by atoms with Crippen molar-refractivity contribution in [3.05, 3.63) is 58.9 Å². The second-order valence-corrected chi connectivity index (χ2v) is 9.90. The van der Waals surface area contributed by atoms with Crippen molar-refractivity contribution in [3.8, 4) is 11.5 Å². The molecule has 3 aromatic rings. The quantitative estimate of drug-likeness (QED) is 0.313. The van der Waals surface area contributed by atoms with E-state index in [0.29, 0.717) is 24.3 Å². The molecule has 1 saturated carbocycles. The molecule has 1 aromatic heterocycles. The first kappa shape index (κ1) is 25.4. The highest BCUT2D eigenvalue weighted by molar-refractivity contribution is 7.99. The zero-order valence-corrected chi connectivity index (χ0v) is 21.7. The zero-order chi connectivity index (χ0) is 24.6. The summed E-state index contributed by atoms with van der Waals surface area (Å²) >= 11 is 7.54. The topological polar surface area (TPSA) is 78.3 Å². The Kier molecular flexibility index (Phi) is 8.93. The lowest BCUT2D eigenvalue weighted by atomic mass is 9.95. The van der Waals surface area contributed by atoms with Gasteiger partial charge in [0.15, 0.2) is 11.0 Å². The molecule has 0 spiro atoms. The molecule has 1 heterocycles. The van der Waals surface area contributed by atoms with Crippen LogP contribution in [-0.2, 0) is 11.4 Å². The fourth-order valence-corrected chi connectivity index (χ4v) is 5.14. The number of nitrogens with one attached hydrogen (secondary N) is 1. The van der Waals surface area contributed by atoms with Crippen LogP contribution in [0.15, 0.2) is 47.6 Å². The molecule has 35 heavy (non-hydrogen) atoms. The molecule has 1 fully saturated rings. The van der Waals surface area contributed by atoms with Crippen LogP contribution in [0.2, 0.25) is 5.02 Å². The molecule has 0 bridgehead atoms. The molecular weight excluding hydrogens is 484 g/mol. The molecule has 0 unspecified atom stereocenters. The molecule has 1 N–H and O–H groups in total. The van der Waals surface area contributed by atoms with Crippen molar-refractivity contribution in [1.82, 2.24) is 14.8 Å². The van der Waals surface area contributed by atoms with Gasteiger partial charge in [-0.15, -0.1) is 10.2 Å². The van der Waals surface area contributed by atoms with Crippen molar-refractivity contribution < 1.29 is 14.3 Å². The molecule has 4 rings (SSSR count). The van der Waals surface area contributed by atoms with Gasteiger partial charge in [0.05, 0.1) is 12.4 Å². The summed E-state index contributed by atoms with van der Waals surface area (Å²) in [5.74, 6) is 2.46. The minimum Gasteiger partial charge on any atom is -0.494 e. The first-order valence-electron chi connectivity index (χ1n) is 12.0. The van der Waals surface area contributed by atoms with Crippen molar-refractivity contribution in [2.45, 2.75) is 63.8 Å². The number of amides is 1. The molecule has 186 valence electrons. The number of hydrogen-bond donors (Lipinski definition) is 1. The van der Waals surface area contributed by atoms with Crippen LogP contribution in [0.5, 0.6) is 11.5 Å². The summed E-state index contributed by atoms with van der Waals surface area (Å²) < 4.78 is 13.7. The third-order valence-corrected chi connectivity index (χ3v) is 7.32. The Morgan fingerprint density at radius 2 is 1.83 bits per heavy atom. The van der Waals surface area contributed by atoms with Crippen LogP contribution in [0.4, 0.5) is 5.69 Å². The highest BCUT2D eigenvalue weighted by atomic mass is 35.5. The number of rotatable bonds is 10. The normalized spacial score (nSPS) is 14.0. The largest absolute Gasteiger partial charge is 0.494 e. The zero-order valence-electron chi connectivity index (χ0n) is 20.1. The van der Waals surface area contributed by atoms with E-state index in [1.165, 1.54) is 31.0 Å². The monoisotopic (exact) mass is 514 g/mol. The standard InChI is InChI=1S/C26H31ClN4O3S/c1-3-33-21-11-9-19(10-12-21)28-25(32)17-35-26-30-29-24(31(26)20-7-5-4-6-8-20)16-34-22-13-14-23(27)18(2)15-22/h9-15,20H,3-8,16-17H2,1-2H3,(H,28,32). The van der Waals surface area contributed by atoms with Gasteiger partial charge in [-0.1, -0.05) is 42.6 Å². The van der Waals surface area contributed by atoms with Gasteiger partial charge in [-0.25, -0.2) is 0 Å². The third kappa shape index (κ3) is 6.92. The number of ether oxygens (including phenoxy) is 2. The Morgan fingerprint density at radius 3 is 2.54 bits per heavy atom. The molecule has 1 amide bonds. The number of anilines is 1. The van der Waals surface area contributed by atoms with E-state index >= 15 is 0 Å². The lowest BCUT2D eigenvalue weighted by molar-refractivity contribution is -0.113. The van der Waals surface area contributed by atoms with E-state index in [-0.39, 0.29) is 11.7 Å². The van der Waals surface area contributed by atoms with Crippen molar-refractivity contribution in [2.24, 2.45) is 0 Å². The smallest absolute Gasteiger partial charge is 0.234 e. The molecule has 0 aliphatic heterocycles. The van der Waals surface area contributed by atoms with Crippen LogP contribution in [-0.4, -0.2) is 33.0 Å². The SMILES string of the molecule is CCOc1ccc(NC(=O)CSc2nnc(COc3ccc(Cl)c(C)c3)n2C2CCCCC2)cc1. The van der Waals surface area contributed by atoms with E-state index < -0.39 is 0 Å². The number of nitrogens with zero attached hydrogens (tertiary/aromatic N) is 3. The minimum atomic E-state index is -0.0909. The highest BCUT2D eigenvalue weighted by Gasteiger charge is 2.24. The van der Waals surface area contributed by atoms with Crippen molar-refractivity contribution in [1.29, 1.82) is 0 Å². The lowest BCUT2D eigenvalue weighted by Gasteiger charge is -2.25. The number of hydrogen-bond acceptors (Lipinski definition) is 6. The Balaban J connectivity index is 1.41. The van der Waals surface area contributed by atoms with Crippen LogP contribution in [0, 0.1) is 6.92 Å². The fourth-order valence-electron chi connectivity index (χ4n) is 4.19. The third-order valence-electron chi connectivity index (χ3n) is 5.95. The van der Waals surface area contributed by atoms with Crippen LogP contribution < -0.4 is 14.8 Å². The van der Waals surface area contributed by atoms with E-state index in [0.717, 1.165) is 46.6 Å². The number of thioether (sulfide) groups is 1. The summed E-state index contributed by atoms with van der Waals surface area (Å²) in [6.07, 6.45) is 5.78. The molecule has 1 aliphatic carbocycles. The summed E-state index contributed by atoms with van der Waals surface area (Å²) in [4.78, 5) is 12.6. The number of aryl methyl sites for hydroxylation is 1. The molecule has 1 aliphatic rings. The summed E-state index contributed by atoms with van der Waals surface area (Å²) in [6, 6.07) is 13.3. The molecular formula is C26H31ClN4O3S. The lowest BCUT2D eigenvalue weighted by Crippen LogP contribution is -2.19. The van der Waals surface area contributed by atoms with Crippen molar-refractivity contribution in [2.75, 3.05) is 17.7 Å². The molecule has 9 heteroatoms. The van der Waals surface area contributed by atoms with E-state index in [4.69, 9.17) is 21.1 Å². The second-order valence-electron chi connectivity index (χ2n) is 8.55. The first-order chi connectivity index (χ1) is 17.0. The summed E-state index contributed by atoms with van der Waals surface area (Å²) in [7, 11) is 0. The maximum absolute atomic E-state index is 12.6. The van der Waals surface area contributed by atoms with Crippen LogP contribution in [0.25, 0.3) is 0 Å². The average Bonchev–Trinajstić information content (AvgIpc) is 3.28. The van der Waals surface area contributed by atoms with Crippen molar-refractivity contribution >= 4 is 35.0 Å². The average molecular weight is 515 g/mol. The second kappa shape index (κ2) is 12.3. The first-order valence-corrected chi connectivity index (χ1v) is 13.4. The summed E-state index contributed by atoms with van der Waals surface area (Å²) in [6.45, 7) is 4.81. The van der Waals surface area contributed by atoms with Crippen LogP contribution >= 0.6 is 23.4 Å². The van der Waals surface area contributed by atoms with E-state index in [1.807, 2.05) is 56.3 Å². The van der Waals surface area contributed by atoms with Gasteiger partial charge < -0.3 is 14.8 Å². The van der Waals surface area contributed by atoms with Gasteiger partial charge in [-0.3, -0.25) is 9.36 Å². The molecule has 0 atom stereocenters. The highest BCUT2D eigenvalue weighted by Crippen LogP contribution is 2.33. The molecule has 7 nitrogen and oxygen atoms in total. The number of halogens is 1. The Morgan fingerprint density at radius 1 is 1.09 bits per heavy atom. The minimum absolute atomic E-state index is 0.0909. The number of carbonyl (C=O) groups excluding carboxylic acids is 1. The summed E-state index contributed by atoms with van der Waals surface area (Å²) in [5.41, 5.74) is 1.70. The number of carbonyl (C=O) groups is 1.